The van der Waals surface area contributed by atoms with E-state index in [2.05, 4.69) is 0 Å². The van der Waals surface area contributed by atoms with Crippen LogP contribution >= 0.6 is 11.8 Å². The molecule has 0 fully saturated rings. The molecule has 3 aromatic carbocycles. The monoisotopic (exact) mass is 372 g/mol. The molecule has 3 rings (SSSR count). The van der Waals surface area contributed by atoms with E-state index in [9.17, 15) is 8.78 Å². The summed E-state index contributed by atoms with van der Waals surface area (Å²) in [6, 6.07) is 21.5. The third-order valence-corrected chi connectivity index (χ3v) is 5.45. The molecule has 0 saturated heterocycles. The van der Waals surface area contributed by atoms with Gasteiger partial charge in [-0.15, -0.1) is 11.8 Å². The van der Waals surface area contributed by atoms with Gasteiger partial charge in [0.2, 0.25) is 0 Å². The molecule has 0 nitrogen and oxygen atoms in total. The van der Waals surface area contributed by atoms with Crippen LogP contribution in [0, 0.1) is 11.6 Å². The van der Waals surface area contributed by atoms with Crippen molar-refractivity contribution in [1.82, 2.24) is 0 Å². The Morgan fingerprint density at radius 3 is 2.00 bits per heavy atom. The molecule has 0 N–H and O–H groups in total. The number of hydrogen-bond donors (Lipinski definition) is 0. The molecule has 0 aliphatic rings. The Labute approximate surface area is 156 Å². The van der Waals surface area contributed by atoms with E-state index in [1.165, 1.54) is 47.7 Å². The topological polar surface area (TPSA) is 0 Å². The average molecular weight is 372 g/mol. The molecule has 0 spiro atoms. The highest BCUT2D eigenvalue weighted by Crippen LogP contribution is 2.43. The SMILES string of the molecule is Fc1cccc([C@H](F)[C@@H](SCCc2ccccc2)c2cccc(F)c2)c1. The number of thioether (sulfide) groups is 1. The van der Waals surface area contributed by atoms with E-state index >= 15 is 4.39 Å². The van der Waals surface area contributed by atoms with Gasteiger partial charge >= 0.3 is 0 Å². The van der Waals surface area contributed by atoms with Crippen LogP contribution in [0.3, 0.4) is 0 Å². The van der Waals surface area contributed by atoms with Crippen molar-refractivity contribution in [3.8, 4) is 0 Å². The van der Waals surface area contributed by atoms with Crippen LogP contribution in [-0.2, 0) is 6.42 Å². The lowest BCUT2D eigenvalue weighted by Crippen LogP contribution is -2.06. The maximum absolute atomic E-state index is 15.2. The number of aryl methyl sites for hydroxylation is 1. The number of alkyl halides is 1. The molecule has 0 aliphatic heterocycles. The summed E-state index contributed by atoms with van der Waals surface area (Å²) in [7, 11) is 0. The predicted octanol–water partition coefficient (Wildman–Crippen LogP) is 6.69. The van der Waals surface area contributed by atoms with Gasteiger partial charge in [0.25, 0.3) is 0 Å². The average Bonchev–Trinajstić information content (AvgIpc) is 2.65. The Hall–Kier alpha value is -2.20. The van der Waals surface area contributed by atoms with E-state index in [1.54, 1.807) is 18.2 Å². The molecule has 0 amide bonds. The summed E-state index contributed by atoms with van der Waals surface area (Å²) in [5, 5.41) is -0.601. The van der Waals surface area contributed by atoms with Gasteiger partial charge in [0.1, 0.15) is 17.8 Å². The molecule has 3 aromatic rings. The lowest BCUT2D eigenvalue weighted by molar-refractivity contribution is 0.335. The lowest BCUT2D eigenvalue weighted by Gasteiger charge is -2.22. The molecule has 0 bridgehead atoms. The second kappa shape index (κ2) is 8.95. The summed E-state index contributed by atoms with van der Waals surface area (Å²) in [5.74, 6) is -0.193. The highest BCUT2D eigenvalue weighted by atomic mass is 32.2. The minimum atomic E-state index is -1.42. The Morgan fingerprint density at radius 1 is 0.731 bits per heavy atom. The van der Waals surface area contributed by atoms with Crippen molar-refractivity contribution < 1.29 is 13.2 Å². The summed E-state index contributed by atoms with van der Waals surface area (Å²) in [6.45, 7) is 0. The summed E-state index contributed by atoms with van der Waals surface area (Å²) in [5.41, 5.74) is 2.01. The Kier molecular flexibility index (Phi) is 6.40. The largest absolute Gasteiger partial charge is 0.241 e. The molecule has 134 valence electrons. The van der Waals surface area contributed by atoms with E-state index < -0.39 is 23.1 Å². The van der Waals surface area contributed by atoms with Crippen molar-refractivity contribution in [2.45, 2.75) is 17.8 Å². The Balaban J connectivity index is 1.79. The van der Waals surface area contributed by atoms with E-state index in [0.29, 0.717) is 11.3 Å². The van der Waals surface area contributed by atoms with Gasteiger partial charge in [0.15, 0.2) is 0 Å². The zero-order chi connectivity index (χ0) is 18.4. The second-order valence-corrected chi connectivity index (χ2v) is 7.29. The minimum absolute atomic E-state index is 0.270. The highest BCUT2D eigenvalue weighted by Gasteiger charge is 2.25. The van der Waals surface area contributed by atoms with Gasteiger partial charge in [0.05, 0.1) is 5.25 Å². The van der Waals surface area contributed by atoms with Gasteiger partial charge in [-0.3, -0.25) is 0 Å². The van der Waals surface area contributed by atoms with Gasteiger partial charge in [-0.1, -0.05) is 54.6 Å². The lowest BCUT2D eigenvalue weighted by atomic mass is 10.0. The molecule has 0 radical (unpaired) electrons. The summed E-state index contributed by atoms with van der Waals surface area (Å²) in [4.78, 5) is 0. The molecule has 0 saturated carbocycles. The zero-order valence-electron chi connectivity index (χ0n) is 14.1. The molecule has 0 aliphatic carbocycles. The van der Waals surface area contributed by atoms with Crippen LogP contribution in [0.2, 0.25) is 0 Å². The van der Waals surface area contributed by atoms with E-state index in [4.69, 9.17) is 0 Å². The summed E-state index contributed by atoms with van der Waals surface area (Å²) >= 11 is 1.42. The molecule has 4 heteroatoms. The second-order valence-electron chi connectivity index (χ2n) is 6.04. The minimum Gasteiger partial charge on any atom is -0.241 e. The first-order chi connectivity index (χ1) is 12.6. The molecule has 26 heavy (non-hydrogen) atoms. The first-order valence-corrected chi connectivity index (χ1v) is 9.49. The van der Waals surface area contributed by atoms with Crippen molar-refractivity contribution in [3.63, 3.8) is 0 Å². The molecular formula is C22H19F3S. The van der Waals surface area contributed by atoms with Crippen LogP contribution in [0.4, 0.5) is 13.2 Å². The maximum atomic E-state index is 15.2. The fourth-order valence-corrected chi connectivity index (χ4v) is 4.11. The fraction of sp³-hybridized carbons (Fsp3) is 0.182. The number of rotatable bonds is 7. The summed E-state index contributed by atoms with van der Waals surface area (Å²) in [6.07, 6.45) is -0.638. The van der Waals surface area contributed by atoms with Crippen molar-refractivity contribution in [3.05, 3.63) is 107 Å². The van der Waals surface area contributed by atoms with E-state index in [-0.39, 0.29) is 5.56 Å². The van der Waals surface area contributed by atoms with Crippen LogP contribution in [0.5, 0.6) is 0 Å². The van der Waals surface area contributed by atoms with Crippen LogP contribution < -0.4 is 0 Å². The molecule has 0 heterocycles. The van der Waals surface area contributed by atoms with Crippen molar-refractivity contribution in [1.29, 1.82) is 0 Å². The van der Waals surface area contributed by atoms with E-state index in [1.807, 2.05) is 30.3 Å². The van der Waals surface area contributed by atoms with Crippen molar-refractivity contribution in [2.24, 2.45) is 0 Å². The molecule has 0 unspecified atom stereocenters. The number of benzene rings is 3. The smallest absolute Gasteiger partial charge is 0.141 e. The predicted molar refractivity (Wildman–Crippen MR) is 102 cm³/mol. The van der Waals surface area contributed by atoms with Crippen LogP contribution in [-0.4, -0.2) is 5.75 Å². The number of halogens is 3. The Bertz CT molecular complexity index is 836. The van der Waals surface area contributed by atoms with E-state index in [0.717, 1.165) is 6.42 Å². The maximum Gasteiger partial charge on any atom is 0.141 e. The fourth-order valence-electron chi connectivity index (χ4n) is 2.83. The summed E-state index contributed by atoms with van der Waals surface area (Å²) < 4.78 is 42.4. The van der Waals surface area contributed by atoms with Gasteiger partial charge < -0.3 is 0 Å². The van der Waals surface area contributed by atoms with Gasteiger partial charge in [-0.25, -0.2) is 13.2 Å². The van der Waals surface area contributed by atoms with Gasteiger partial charge in [-0.05, 0) is 53.1 Å². The standard InChI is InChI=1S/C22H19F3S/c23-19-10-4-8-17(14-19)21(25)22(18-9-5-11-20(24)15-18)26-13-12-16-6-2-1-3-7-16/h1-11,14-15,21-22H,12-13H2/t21-,22-/m0/s1. The third-order valence-electron chi connectivity index (χ3n) is 4.14. The van der Waals surface area contributed by atoms with Crippen molar-refractivity contribution >= 4 is 11.8 Å². The number of hydrogen-bond acceptors (Lipinski definition) is 1. The normalized spacial score (nSPS) is 13.3. The van der Waals surface area contributed by atoms with Gasteiger partial charge in [0, 0.05) is 0 Å². The first-order valence-electron chi connectivity index (χ1n) is 8.44. The van der Waals surface area contributed by atoms with Crippen LogP contribution in [0.1, 0.15) is 28.1 Å². The Morgan fingerprint density at radius 2 is 1.35 bits per heavy atom. The highest BCUT2D eigenvalue weighted by molar-refractivity contribution is 7.99. The third kappa shape index (κ3) is 4.92. The van der Waals surface area contributed by atoms with Crippen LogP contribution in [0.15, 0.2) is 78.9 Å². The molecule has 2 atom stereocenters. The zero-order valence-corrected chi connectivity index (χ0v) is 14.9. The molecule has 0 aromatic heterocycles. The van der Waals surface area contributed by atoms with Crippen molar-refractivity contribution in [2.75, 3.05) is 5.75 Å². The van der Waals surface area contributed by atoms with Crippen LogP contribution in [0.25, 0.3) is 0 Å². The van der Waals surface area contributed by atoms with Gasteiger partial charge in [-0.2, -0.15) is 0 Å². The first kappa shape index (κ1) is 18.6. The molecular weight excluding hydrogens is 353 g/mol. The quantitative estimate of drug-likeness (QED) is 0.445.